The second-order valence-electron chi connectivity index (χ2n) is 6.51. The summed E-state index contributed by atoms with van der Waals surface area (Å²) in [5.74, 6) is 0.279. The van der Waals surface area contributed by atoms with Gasteiger partial charge in [-0.1, -0.05) is 39.5 Å². The van der Waals surface area contributed by atoms with Crippen LogP contribution in [0.3, 0.4) is 0 Å². The summed E-state index contributed by atoms with van der Waals surface area (Å²) in [6.07, 6.45) is 6.05. The Labute approximate surface area is 150 Å². The number of sulfonamides is 1. The Kier molecular flexibility index (Phi) is 6.84. The van der Waals surface area contributed by atoms with Crippen molar-refractivity contribution in [1.29, 1.82) is 0 Å². The Morgan fingerprint density at radius 3 is 2.48 bits per heavy atom. The normalized spacial score (nSPS) is 15.6. The van der Waals surface area contributed by atoms with Gasteiger partial charge in [-0.2, -0.15) is 4.31 Å². The predicted molar refractivity (Wildman–Crippen MR) is 98.0 cm³/mol. The van der Waals surface area contributed by atoms with Crippen LogP contribution >= 0.6 is 0 Å². The molecule has 6 nitrogen and oxygen atoms in total. The third kappa shape index (κ3) is 4.95. The minimum atomic E-state index is -3.63. The third-order valence-corrected chi connectivity index (χ3v) is 6.89. The first-order chi connectivity index (χ1) is 11.9. The number of carbonyl (C=O) groups is 1. The molecule has 0 bridgehead atoms. The Hall–Kier alpha value is -1.60. The first kappa shape index (κ1) is 19.7. The smallest absolute Gasteiger partial charge is 0.243 e. The second kappa shape index (κ2) is 8.67. The van der Waals surface area contributed by atoms with Gasteiger partial charge >= 0.3 is 0 Å². The quantitative estimate of drug-likeness (QED) is 0.689. The lowest BCUT2D eigenvalue weighted by molar-refractivity contribution is -0.116. The molecule has 0 unspecified atom stereocenters. The standard InChI is InChI=1S/C18H28N2O4S/c1-3-20(4-2)25(23,24)15-10-11-17(21)16(13-15)19-18(22)12-9-14-7-5-6-8-14/h10-11,13-14,21H,3-9,12H2,1-2H3,(H,19,22). The molecule has 1 aliphatic rings. The maximum Gasteiger partial charge on any atom is 0.243 e. The molecule has 1 fully saturated rings. The van der Waals surface area contributed by atoms with Gasteiger partial charge in [0.2, 0.25) is 15.9 Å². The van der Waals surface area contributed by atoms with E-state index in [0.29, 0.717) is 25.4 Å². The van der Waals surface area contributed by atoms with Gasteiger partial charge in [0.15, 0.2) is 0 Å². The summed E-state index contributed by atoms with van der Waals surface area (Å²) in [6.45, 7) is 4.27. The molecule has 7 heteroatoms. The monoisotopic (exact) mass is 368 g/mol. The van der Waals surface area contributed by atoms with Crippen LogP contribution < -0.4 is 5.32 Å². The highest BCUT2D eigenvalue weighted by atomic mass is 32.2. The van der Waals surface area contributed by atoms with Crippen molar-refractivity contribution in [3.63, 3.8) is 0 Å². The highest BCUT2D eigenvalue weighted by molar-refractivity contribution is 7.89. The van der Waals surface area contributed by atoms with E-state index < -0.39 is 10.0 Å². The molecule has 1 aromatic carbocycles. The Morgan fingerprint density at radius 2 is 1.88 bits per heavy atom. The van der Waals surface area contributed by atoms with E-state index in [4.69, 9.17) is 0 Å². The first-order valence-corrected chi connectivity index (χ1v) is 10.5. The van der Waals surface area contributed by atoms with Crippen LogP contribution in [0.2, 0.25) is 0 Å². The van der Waals surface area contributed by atoms with Crippen LogP contribution in [-0.4, -0.2) is 36.8 Å². The Balaban J connectivity index is 2.09. The lowest BCUT2D eigenvalue weighted by atomic mass is 10.0. The summed E-state index contributed by atoms with van der Waals surface area (Å²) in [5, 5.41) is 12.6. The SMILES string of the molecule is CCN(CC)S(=O)(=O)c1ccc(O)c(NC(=O)CCC2CCCC2)c1. The number of rotatable bonds is 8. The summed E-state index contributed by atoms with van der Waals surface area (Å²) in [7, 11) is -3.63. The Morgan fingerprint density at radius 1 is 1.24 bits per heavy atom. The third-order valence-electron chi connectivity index (χ3n) is 4.84. The number of carbonyl (C=O) groups excluding carboxylic acids is 1. The van der Waals surface area contributed by atoms with Crippen LogP contribution in [0.4, 0.5) is 5.69 Å². The lowest BCUT2D eigenvalue weighted by Gasteiger charge is -2.19. The predicted octanol–water partition coefficient (Wildman–Crippen LogP) is 3.33. The van der Waals surface area contributed by atoms with Gasteiger partial charge in [-0.05, 0) is 30.5 Å². The fourth-order valence-electron chi connectivity index (χ4n) is 3.34. The molecule has 0 heterocycles. The van der Waals surface area contributed by atoms with Crippen molar-refractivity contribution >= 4 is 21.6 Å². The molecular weight excluding hydrogens is 340 g/mol. The van der Waals surface area contributed by atoms with Crippen LogP contribution in [0.15, 0.2) is 23.1 Å². The van der Waals surface area contributed by atoms with E-state index in [-0.39, 0.29) is 22.2 Å². The maximum absolute atomic E-state index is 12.6. The number of amides is 1. The van der Waals surface area contributed by atoms with Gasteiger partial charge in [-0.3, -0.25) is 4.79 Å². The summed E-state index contributed by atoms with van der Waals surface area (Å²) in [5.41, 5.74) is 0.143. The van der Waals surface area contributed by atoms with Gasteiger partial charge in [0.1, 0.15) is 5.75 Å². The molecule has 25 heavy (non-hydrogen) atoms. The molecule has 1 aliphatic carbocycles. The van der Waals surface area contributed by atoms with E-state index in [2.05, 4.69) is 5.32 Å². The number of anilines is 1. The van der Waals surface area contributed by atoms with Gasteiger partial charge in [0.25, 0.3) is 0 Å². The maximum atomic E-state index is 12.6. The first-order valence-electron chi connectivity index (χ1n) is 9.01. The summed E-state index contributed by atoms with van der Waals surface area (Å²) in [4.78, 5) is 12.2. The van der Waals surface area contributed by atoms with Crippen molar-refractivity contribution in [3.8, 4) is 5.75 Å². The van der Waals surface area contributed by atoms with Crippen molar-refractivity contribution in [1.82, 2.24) is 4.31 Å². The lowest BCUT2D eigenvalue weighted by Crippen LogP contribution is -2.30. The zero-order chi connectivity index (χ0) is 18.4. The van der Waals surface area contributed by atoms with E-state index in [1.165, 1.54) is 48.2 Å². The van der Waals surface area contributed by atoms with Crippen LogP contribution in [-0.2, 0) is 14.8 Å². The molecule has 140 valence electrons. The van der Waals surface area contributed by atoms with Crippen molar-refractivity contribution in [2.24, 2.45) is 5.92 Å². The summed E-state index contributed by atoms with van der Waals surface area (Å²) in [6, 6.07) is 4.00. The van der Waals surface area contributed by atoms with Gasteiger partial charge in [-0.25, -0.2) is 8.42 Å². The minimum absolute atomic E-state index is 0.0695. The van der Waals surface area contributed by atoms with Crippen molar-refractivity contribution in [3.05, 3.63) is 18.2 Å². The number of hydrogen-bond acceptors (Lipinski definition) is 4. The molecule has 1 amide bonds. The van der Waals surface area contributed by atoms with Crippen LogP contribution in [0.5, 0.6) is 5.75 Å². The molecule has 1 saturated carbocycles. The fraction of sp³-hybridized carbons (Fsp3) is 0.611. The average Bonchev–Trinajstić information content (AvgIpc) is 3.09. The molecule has 0 saturated heterocycles. The van der Waals surface area contributed by atoms with E-state index in [1.54, 1.807) is 13.8 Å². The fourth-order valence-corrected chi connectivity index (χ4v) is 4.82. The van der Waals surface area contributed by atoms with E-state index in [0.717, 1.165) is 6.42 Å². The van der Waals surface area contributed by atoms with Crippen LogP contribution in [0.25, 0.3) is 0 Å². The summed E-state index contributed by atoms with van der Waals surface area (Å²) >= 11 is 0. The van der Waals surface area contributed by atoms with Crippen LogP contribution in [0, 0.1) is 5.92 Å². The molecule has 2 rings (SSSR count). The Bertz CT molecular complexity index is 693. The van der Waals surface area contributed by atoms with E-state index >= 15 is 0 Å². The van der Waals surface area contributed by atoms with Gasteiger partial charge in [0, 0.05) is 19.5 Å². The molecule has 1 aromatic rings. The highest BCUT2D eigenvalue weighted by Gasteiger charge is 2.23. The molecule has 2 N–H and O–H groups in total. The number of hydrogen-bond donors (Lipinski definition) is 2. The number of nitrogens with zero attached hydrogens (tertiary/aromatic N) is 1. The van der Waals surface area contributed by atoms with E-state index in [1.807, 2.05) is 0 Å². The van der Waals surface area contributed by atoms with Crippen molar-refractivity contribution in [2.75, 3.05) is 18.4 Å². The molecule has 0 atom stereocenters. The number of benzene rings is 1. The largest absolute Gasteiger partial charge is 0.506 e. The highest BCUT2D eigenvalue weighted by Crippen LogP contribution is 2.30. The minimum Gasteiger partial charge on any atom is -0.506 e. The number of phenols is 1. The average molecular weight is 368 g/mol. The van der Waals surface area contributed by atoms with E-state index in [9.17, 15) is 18.3 Å². The second-order valence-corrected chi connectivity index (χ2v) is 8.44. The molecule has 0 spiro atoms. The van der Waals surface area contributed by atoms with Gasteiger partial charge in [-0.15, -0.1) is 0 Å². The number of nitrogens with one attached hydrogen (secondary N) is 1. The number of aromatic hydroxyl groups is 1. The topological polar surface area (TPSA) is 86.7 Å². The zero-order valence-corrected chi connectivity index (χ0v) is 15.8. The molecule has 0 aliphatic heterocycles. The van der Waals surface area contributed by atoms with Gasteiger partial charge in [0.05, 0.1) is 10.6 Å². The van der Waals surface area contributed by atoms with Crippen molar-refractivity contribution < 1.29 is 18.3 Å². The molecule has 0 radical (unpaired) electrons. The summed E-state index contributed by atoms with van der Waals surface area (Å²) < 4.78 is 26.5. The van der Waals surface area contributed by atoms with Crippen molar-refractivity contribution in [2.45, 2.75) is 57.3 Å². The molecule has 0 aromatic heterocycles. The zero-order valence-electron chi connectivity index (χ0n) is 15.0. The molecular formula is C18H28N2O4S. The van der Waals surface area contributed by atoms with Crippen LogP contribution in [0.1, 0.15) is 52.4 Å². The number of phenolic OH excluding ortho intramolecular Hbond substituents is 1. The van der Waals surface area contributed by atoms with Gasteiger partial charge < -0.3 is 10.4 Å².